The first kappa shape index (κ1) is 22.8. The van der Waals surface area contributed by atoms with Crippen LogP contribution in [-0.2, 0) is 20.0 Å². The fourth-order valence-corrected chi connectivity index (χ4v) is 4.80. The van der Waals surface area contributed by atoms with E-state index in [2.05, 4.69) is 19.7 Å². The summed E-state index contributed by atoms with van der Waals surface area (Å²) in [5.41, 5.74) is 0.644. The Balaban J connectivity index is 1.93. The van der Waals surface area contributed by atoms with Crippen LogP contribution >= 0.6 is 0 Å². The highest BCUT2D eigenvalue weighted by Gasteiger charge is 2.20. The molecule has 2 aromatic rings. The summed E-state index contributed by atoms with van der Waals surface area (Å²) < 4.78 is 53.9. The maximum Gasteiger partial charge on any atom is 0.269 e. The quantitative estimate of drug-likeness (QED) is 0.408. The molecule has 0 amide bonds. The molecular formula is C18H23N5O6S2. The molecule has 0 aliphatic carbocycles. The third kappa shape index (κ3) is 6.06. The number of nitro benzene ring substituents is 1. The van der Waals surface area contributed by atoms with E-state index in [4.69, 9.17) is 0 Å². The lowest BCUT2D eigenvalue weighted by molar-refractivity contribution is -0.384. The summed E-state index contributed by atoms with van der Waals surface area (Å²) in [6.07, 6.45) is 1.90. The van der Waals surface area contributed by atoms with E-state index in [0.717, 1.165) is 68.8 Å². The highest BCUT2D eigenvalue weighted by atomic mass is 32.2. The summed E-state index contributed by atoms with van der Waals surface area (Å²) in [5.74, 6) is 0. The van der Waals surface area contributed by atoms with E-state index >= 15 is 0 Å². The van der Waals surface area contributed by atoms with Crippen molar-refractivity contribution in [3.8, 4) is 0 Å². The monoisotopic (exact) mass is 469 g/mol. The summed E-state index contributed by atoms with van der Waals surface area (Å²) in [7, 11) is -7.79. The van der Waals surface area contributed by atoms with Crippen LogP contribution in [0.25, 0.3) is 0 Å². The van der Waals surface area contributed by atoms with Crippen molar-refractivity contribution in [3.05, 3.63) is 52.6 Å². The van der Waals surface area contributed by atoms with Gasteiger partial charge in [0.05, 0.1) is 27.4 Å². The van der Waals surface area contributed by atoms with Gasteiger partial charge in [-0.1, -0.05) is 0 Å². The SMILES string of the molecule is CS(=O)(=O)Nc1cc(N2CCCNCC2)ccc1NS(=O)(=O)c1ccc([N+](=O)[O-])cc1. The van der Waals surface area contributed by atoms with Gasteiger partial charge in [-0.15, -0.1) is 0 Å². The Morgan fingerprint density at radius 1 is 0.968 bits per heavy atom. The number of hydrogen-bond acceptors (Lipinski definition) is 8. The Hall–Kier alpha value is -2.90. The highest BCUT2D eigenvalue weighted by Crippen LogP contribution is 2.31. The molecule has 0 atom stereocenters. The largest absolute Gasteiger partial charge is 0.370 e. The van der Waals surface area contributed by atoms with E-state index < -0.39 is 25.0 Å². The van der Waals surface area contributed by atoms with Crippen molar-refractivity contribution in [2.45, 2.75) is 11.3 Å². The third-order valence-corrected chi connectivity index (χ3v) is 6.58. The van der Waals surface area contributed by atoms with Gasteiger partial charge in [0.15, 0.2) is 0 Å². The van der Waals surface area contributed by atoms with Gasteiger partial charge in [-0.2, -0.15) is 0 Å². The molecule has 1 fully saturated rings. The van der Waals surface area contributed by atoms with Gasteiger partial charge >= 0.3 is 0 Å². The molecule has 0 saturated carbocycles. The summed E-state index contributed by atoms with van der Waals surface area (Å²) in [5, 5.41) is 14.1. The molecule has 3 N–H and O–H groups in total. The molecule has 0 spiro atoms. The zero-order chi connectivity index (χ0) is 22.6. The molecular weight excluding hydrogens is 446 g/mol. The molecule has 168 valence electrons. The number of anilines is 3. The summed E-state index contributed by atoms with van der Waals surface area (Å²) >= 11 is 0. The van der Waals surface area contributed by atoms with Gasteiger partial charge in [-0.3, -0.25) is 19.6 Å². The van der Waals surface area contributed by atoms with Crippen molar-refractivity contribution in [2.75, 3.05) is 46.8 Å². The fourth-order valence-electron chi connectivity index (χ4n) is 3.16. The van der Waals surface area contributed by atoms with E-state index in [0.29, 0.717) is 0 Å². The van der Waals surface area contributed by atoms with Crippen LogP contribution in [0.4, 0.5) is 22.7 Å². The Morgan fingerprint density at radius 2 is 1.68 bits per heavy atom. The van der Waals surface area contributed by atoms with E-state index in [1.807, 2.05) is 0 Å². The number of non-ortho nitro benzene ring substituents is 1. The number of hydrogen-bond donors (Lipinski definition) is 3. The Bertz CT molecular complexity index is 1160. The number of nitro groups is 1. The van der Waals surface area contributed by atoms with E-state index in [9.17, 15) is 26.9 Å². The van der Waals surface area contributed by atoms with Crippen LogP contribution in [0.3, 0.4) is 0 Å². The van der Waals surface area contributed by atoms with Crippen LogP contribution in [0.5, 0.6) is 0 Å². The van der Waals surface area contributed by atoms with Gasteiger partial charge in [0.25, 0.3) is 15.7 Å². The van der Waals surface area contributed by atoms with Crippen molar-refractivity contribution in [2.24, 2.45) is 0 Å². The topological polar surface area (TPSA) is 151 Å². The summed E-state index contributed by atoms with van der Waals surface area (Å²) in [6.45, 7) is 3.17. The number of rotatable bonds is 7. The molecule has 2 aromatic carbocycles. The molecule has 0 radical (unpaired) electrons. The highest BCUT2D eigenvalue weighted by molar-refractivity contribution is 7.93. The molecule has 13 heteroatoms. The first-order valence-electron chi connectivity index (χ1n) is 9.40. The van der Waals surface area contributed by atoms with Crippen LogP contribution in [0.15, 0.2) is 47.4 Å². The van der Waals surface area contributed by atoms with E-state index in [-0.39, 0.29) is 22.0 Å². The number of sulfonamides is 2. The number of nitrogens with zero attached hydrogens (tertiary/aromatic N) is 2. The molecule has 0 unspecified atom stereocenters. The van der Waals surface area contributed by atoms with Gasteiger partial charge < -0.3 is 10.2 Å². The standard InChI is InChI=1S/C18H23N5O6S2/c1-30(26,27)20-18-13-15(22-11-2-9-19-10-12-22)5-8-17(18)21-31(28,29)16-6-3-14(4-7-16)23(24)25/h3-8,13,19-21H,2,9-12H2,1H3. The van der Waals surface area contributed by atoms with Crippen LogP contribution in [0.2, 0.25) is 0 Å². The molecule has 11 nitrogen and oxygen atoms in total. The molecule has 3 rings (SSSR count). The second-order valence-corrected chi connectivity index (χ2v) is 10.5. The Kier molecular flexibility index (Phi) is 6.67. The normalized spacial score (nSPS) is 15.2. The zero-order valence-electron chi connectivity index (χ0n) is 16.7. The predicted octanol–water partition coefficient (Wildman–Crippen LogP) is 1.57. The predicted molar refractivity (Wildman–Crippen MR) is 119 cm³/mol. The Morgan fingerprint density at radius 3 is 2.32 bits per heavy atom. The molecule has 0 aromatic heterocycles. The first-order chi connectivity index (χ1) is 14.5. The first-order valence-corrected chi connectivity index (χ1v) is 12.8. The van der Waals surface area contributed by atoms with Gasteiger partial charge in [0, 0.05) is 37.5 Å². The van der Waals surface area contributed by atoms with Crippen molar-refractivity contribution >= 4 is 42.8 Å². The lowest BCUT2D eigenvalue weighted by atomic mass is 10.2. The van der Waals surface area contributed by atoms with Crippen LogP contribution in [0, 0.1) is 10.1 Å². The van der Waals surface area contributed by atoms with E-state index in [1.165, 1.54) is 6.07 Å². The van der Waals surface area contributed by atoms with Gasteiger partial charge in [0.2, 0.25) is 10.0 Å². The summed E-state index contributed by atoms with van der Waals surface area (Å²) in [4.78, 5) is 12.0. The Labute approximate surface area is 180 Å². The zero-order valence-corrected chi connectivity index (χ0v) is 18.4. The second kappa shape index (κ2) is 9.08. The molecule has 1 saturated heterocycles. The fraction of sp³-hybridized carbons (Fsp3) is 0.333. The maximum absolute atomic E-state index is 12.8. The molecule has 31 heavy (non-hydrogen) atoms. The average Bonchev–Trinajstić information content (AvgIpc) is 2.97. The van der Waals surface area contributed by atoms with Crippen molar-refractivity contribution in [3.63, 3.8) is 0 Å². The van der Waals surface area contributed by atoms with E-state index in [1.54, 1.807) is 12.1 Å². The number of benzene rings is 2. The third-order valence-electron chi connectivity index (χ3n) is 4.61. The van der Waals surface area contributed by atoms with Crippen LogP contribution < -0.4 is 19.7 Å². The van der Waals surface area contributed by atoms with Crippen molar-refractivity contribution in [1.29, 1.82) is 0 Å². The maximum atomic E-state index is 12.8. The van der Waals surface area contributed by atoms with Gasteiger partial charge in [0.1, 0.15) is 0 Å². The van der Waals surface area contributed by atoms with Gasteiger partial charge in [-0.25, -0.2) is 16.8 Å². The number of nitrogens with one attached hydrogen (secondary N) is 3. The molecule has 1 aliphatic rings. The minimum Gasteiger partial charge on any atom is -0.370 e. The molecule has 1 aliphatic heterocycles. The van der Waals surface area contributed by atoms with Crippen LogP contribution in [-0.4, -0.2) is 54.2 Å². The second-order valence-electron chi connectivity index (χ2n) is 7.05. The summed E-state index contributed by atoms with van der Waals surface area (Å²) in [6, 6.07) is 9.18. The molecule has 0 bridgehead atoms. The average molecular weight is 470 g/mol. The van der Waals surface area contributed by atoms with Crippen molar-refractivity contribution < 1.29 is 21.8 Å². The lowest BCUT2D eigenvalue weighted by Gasteiger charge is -2.24. The minimum atomic E-state index is -4.11. The smallest absolute Gasteiger partial charge is 0.269 e. The molecule has 1 heterocycles. The minimum absolute atomic E-state index is 0.0421. The van der Waals surface area contributed by atoms with Crippen molar-refractivity contribution in [1.82, 2.24) is 5.32 Å². The van der Waals surface area contributed by atoms with Gasteiger partial charge in [-0.05, 0) is 43.3 Å². The lowest BCUT2D eigenvalue weighted by Crippen LogP contribution is -2.28. The van der Waals surface area contributed by atoms with Crippen LogP contribution in [0.1, 0.15) is 6.42 Å².